The molecule has 2 heterocycles. The molecule has 0 spiro atoms. The molecule has 0 aliphatic heterocycles. The molecule has 0 aliphatic carbocycles. The van der Waals surface area contributed by atoms with Crippen LogP contribution in [0.5, 0.6) is 0 Å². The van der Waals surface area contributed by atoms with E-state index in [0.29, 0.717) is 0 Å². The van der Waals surface area contributed by atoms with Gasteiger partial charge in [0, 0.05) is 18.8 Å². The highest BCUT2D eigenvalue weighted by molar-refractivity contribution is 5.42. The van der Waals surface area contributed by atoms with E-state index in [2.05, 4.69) is 35.1 Å². The molecule has 3 nitrogen and oxygen atoms in total. The van der Waals surface area contributed by atoms with Crippen molar-refractivity contribution in [3.63, 3.8) is 0 Å². The minimum Gasteiger partial charge on any atom is -0.301 e. The van der Waals surface area contributed by atoms with Gasteiger partial charge in [-0.2, -0.15) is 0 Å². The third-order valence-corrected chi connectivity index (χ3v) is 2.10. The smallest absolute Gasteiger partial charge is 0.113 e. The molecule has 74 valence electrons. The van der Waals surface area contributed by atoms with Gasteiger partial charge in [-0.25, -0.2) is 4.98 Å². The number of rotatable bonds is 1. The van der Waals surface area contributed by atoms with E-state index in [0.717, 1.165) is 17.8 Å². The third-order valence-electron chi connectivity index (χ3n) is 2.10. The van der Waals surface area contributed by atoms with Crippen molar-refractivity contribution in [2.45, 2.75) is 27.2 Å². The zero-order valence-corrected chi connectivity index (χ0v) is 8.86. The van der Waals surface area contributed by atoms with Gasteiger partial charge >= 0.3 is 0 Å². The van der Waals surface area contributed by atoms with Crippen LogP contribution in [0.2, 0.25) is 0 Å². The van der Waals surface area contributed by atoms with Crippen LogP contribution in [0, 0.1) is 5.41 Å². The molecule has 0 unspecified atom stereocenters. The Morgan fingerprint density at radius 3 is 2.79 bits per heavy atom. The lowest BCUT2D eigenvalue weighted by molar-refractivity contribution is 0.400. The predicted octanol–water partition coefficient (Wildman–Crippen LogP) is 2.32. The molecule has 0 fully saturated rings. The van der Waals surface area contributed by atoms with Crippen LogP contribution in [-0.2, 0) is 6.42 Å². The van der Waals surface area contributed by atoms with Crippen LogP contribution in [0.25, 0.3) is 5.52 Å². The molecular weight excluding hydrogens is 174 g/mol. The molecule has 0 saturated carbocycles. The molecule has 0 N–H and O–H groups in total. The molecule has 0 aromatic carbocycles. The van der Waals surface area contributed by atoms with Crippen molar-refractivity contribution in [1.29, 1.82) is 0 Å². The summed E-state index contributed by atoms with van der Waals surface area (Å²) in [7, 11) is 0. The summed E-state index contributed by atoms with van der Waals surface area (Å²) in [5.41, 5.74) is 1.33. The normalized spacial score (nSPS) is 12.2. The molecule has 3 heteroatoms. The van der Waals surface area contributed by atoms with Crippen molar-refractivity contribution in [1.82, 2.24) is 14.4 Å². The predicted molar refractivity (Wildman–Crippen MR) is 56.1 cm³/mol. The molecule has 0 saturated heterocycles. The maximum Gasteiger partial charge on any atom is 0.113 e. The lowest BCUT2D eigenvalue weighted by Crippen LogP contribution is -2.11. The Balaban J connectivity index is 2.44. The lowest BCUT2D eigenvalue weighted by atomic mass is 9.92. The quantitative estimate of drug-likeness (QED) is 0.689. The topological polar surface area (TPSA) is 30.2 Å². The second-order valence-corrected chi connectivity index (χ2v) is 4.78. The summed E-state index contributed by atoms with van der Waals surface area (Å²) in [5, 5.41) is 0. The largest absolute Gasteiger partial charge is 0.301 e. The van der Waals surface area contributed by atoms with Crippen LogP contribution in [0.3, 0.4) is 0 Å². The van der Waals surface area contributed by atoms with Gasteiger partial charge in [0.25, 0.3) is 0 Å². The molecule has 0 amide bonds. The summed E-state index contributed by atoms with van der Waals surface area (Å²) in [5.74, 6) is 1.11. The highest BCUT2D eigenvalue weighted by Gasteiger charge is 2.14. The third kappa shape index (κ3) is 1.76. The first-order valence-electron chi connectivity index (χ1n) is 4.82. The molecule has 0 aliphatic rings. The van der Waals surface area contributed by atoms with Crippen LogP contribution in [-0.4, -0.2) is 14.4 Å². The van der Waals surface area contributed by atoms with Gasteiger partial charge in [0.15, 0.2) is 0 Å². The molecule has 0 bridgehead atoms. The number of imidazole rings is 1. The van der Waals surface area contributed by atoms with E-state index < -0.39 is 0 Å². The Morgan fingerprint density at radius 2 is 2.07 bits per heavy atom. The van der Waals surface area contributed by atoms with Crippen molar-refractivity contribution < 1.29 is 0 Å². The summed E-state index contributed by atoms with van der Waals surface area (Å²) in [6.07, 6.45) is 8.43. The van der Waals surface area contributed by atoms with Crippen LogP contribution in [0.15, 0.2) is 24.8 Å². The first-order chi connectivity index (χ1) is 6.56. The van der Waals surface area contributed by atoms with Crippen LogP contribution in [0.1, 0.15) is 26.6 Å². The van der Waals surface area contributed by atoms with Gasteiger partial charge in [0.2, 0.25) is 0 Å². The van der Waals surface area contributed by atoms with Gasteiger partial charge in [-0.15, -0.1) is 0 Å². The summed E-state index contributed by atoms with van der Waals surface area (Å²) < 4.78 is 2.10. The average molecular weight is 189 g/mol. The van der Waals surface area contributed by atoms with E-state index in [4.69, 9.17) is 0 Å². The molecule has 2 rings (SSSR count). The summed E-state index contributed by atoms with van der Waals surface area (Å²) in [6.45, 7) is 6.65. The summed E-state index contributed by atoms with van der Waals surface area (Å²) >= 11 is 0. The zero-order valence-electron chi connectivity index (χ0n) is 8.86. The fourth-order valence-corrected chi connectivity index (χ4v) is 1.51. The lowest BCUT2D eigenvalue weighted by Gasteiger charge is -2.16. The fraction of sp³-hybridized carbons (Fsp3) is 0.455. The minimum atomic E-state index is 0.268. The average Bonchev–Trinajstić information content (AvgIpc) is 2.47. The minimum absolute atomic E-state index is 0.268. The molecule has 0 radical (unpaired) electrons. The number of aromatic nitrogens is 3. The van der Waals surface area contributed by atoms with Crippen molar-refractivity contribution in [2.24, 2.45) is 5.41 Å². The van der Waals surface area contributed by atoms with Gasteiger partial charge in [0.1, 0.15) is 5.82 Å². The molecule has 0 atom stereocenters. The van der Waals surface area contributed by atoms with Gasteiger partial charge in [0.05, 0.1) is 17.9 Å². The van der Waals surface area contributed by atoms with Crippen molar-refractivity contribution >= 4 is 5.52 Å². The molecule has 2 aromatic rings. The summed E-state index contributed by atoms with van der Waals surface area (Å²) in [4.78, 5) is 8.47. The standard InChI is InChI=1S/C11H15N3/c1-11(2,3)6-10-13-8-9-7-12-4-5-14(9)10/h4-5,7-8H,6H2,1-3H3. The number of fused-ring (bicyclic) bond motifs is 1. The second-order valence-electron chi connectivity index (χ2n) is 4.78. The summed E-state index contributed by atoms with van der Waals surface area (Å²) in [6, 6.07) is 0. The molecular formula is C11H15N3. The van der Waals surface area contributed by atoms with E-state index in [1.165, 1.54) is 0 Å². The van der Waals surface area contributed by atoms with E-state index >= 15 is 0 Å². The van der Waals surface area contributed by atoms with Crippen LogP contribution in [0.4, 0.5) is 0 Å². The Hall–Kier alpha value is -1.38. The zero-order chi connectivity index (χ0) is 10.2. The molecule has 2 aromatic heterocycles. The van der Waals surface area contributed by atoms with Crippen molar-refractivity contribution in [2.75, 3.05) is 0 Å². The number of hydrogen-bond donors (Lipinski definition) is 0. The maximum atomic E-state index is 4.40. The Labute approximate surface area is 83.8 Å². The van der Waals surface area contributed by atoms with Gasteiger partial charge in [-0.1, -0.05) is 20.8 Å². The first-order valence-corrected chi connectivity index (χ1v) is 4.82. The first kappa shape index (κ1) is 9.19. The van der Waals surface area contributed by atoms with Gasteiger partial charge in [-0.05, 0) is 5.41 Å². The van der Waals surface area contributed by atoms with Crippen molar-refractivity contribution in [3.05, 3.63) is 30.6 Å². The second kappa shape index (κ2) is 3.08. The molecule has 14 heavy (non-hydrogen) atoms. The van der Waals surface area contributed by atoms with E-state index in [1.807, 2.05) is 18.6 Å². The van der Waals surface area contributed by atoms with Gasteiger partial charge in [-0.3, -0.25) is 4.98 Å². The van der Waals surface area contributed by atoms with Gasteiger partial charge < -0.3 is 4.40 Å². The SMILES string of the molecule is CC(C)(C)Cc1ncc2cnccn12. The maximum absolute atomic E-state index is 4.40. The Morgan fingerprint density at radius 1 is 1.29 bits per heavy atom. The number of nitrogens with zero attached hydrogens (tertiary/aromatic N) is 3. The van der Waals surface area contributed by atoms with E-state index in [-0.39, 0.29) is 5.41 Å². The van der Waals surface area contributed by atoms with E-state index in [9.17, 15) is 0 Å². The van der Waals surface area contributed by atoms with Crippen LogP contribution < -0.4 is 0 Å². The van der Waals surface area contributed by atoms with Crippen molar-refractivity contribution in [3.8, 4) is 0 Å². The fourth-order valence-electron chi connectivity index (χ4n) is 1.51. The highest BCUT2D eigenvalue weighted by Crippen LogP contribution is 2.20. The Kier molecular flexibility index (Phi) is 2.02. The monoisotopic (exact) mass is 189 g/mol. The Bertz CT molecular complexity index is 437. The number of hydrogen-bond acceptors (Lipinski definition) is 2. The van der Waals surface area contributed by atoms with E-state index in [1.54, 1.807) is 6.20 Å². The van der Waals surface area contributed by atoms with Crippen LogP contribution >= 0.6 is 0 Å². The highest BCUT2D eigenvalue weighted by atomic mass is 15.0.